The summed E-state index contributed by atoms with van der Waals surface area (Å²) in [4.78, 5) is 10.5. The van der Waals surface area contributed by atoms with Crippen LogP contribution < -0.4 is 0 Å². The number of benzene rings is 1. The molecular weight excluding hydrogens is 254 g/mol. The van der Waals surface area contributed by atoms with Crippen molar-refractivity contribution in [2.75, 3.05) is 0 Å². The highest BCUT2D eigenvalue weighted by Gasteiger charge is 2.38. The molecule has 0 bridgehead atoms. The second-order valence-corrected chi connectivity index (χ2v) is 6.74. The summed E-state index contributed by atoms with van der Waals surface area (Å²) in [5, 5.41) is 10.4. The topological polar surface area (TPSA) is 77.3 Å². The molecule has 1 aromatic carbocycles. The van der Waals surface area contributed by atoms with Gasteiger partial charge >= 0.3 is 0 Å². The van der Waals surface area contributed by atoms with E-state index in [1.54, 1.807) is 0 Å². The number of hydrogen-bond acceptors (Lipinski definition) is 4. The van der Waals surface area contributed by atoms with Crippen LogP contribution in [-0.2, 0) is 16.3 Å². The zero-order chi connectivity index (χ0) is 13.3. The van der Waals surface area contributed by atoms with Gasteiger partial charge in [0.25, 0.3) is 5.69 Å². The Bertz CT molecular complexity index is 576. The van der Waals surface area contributed by atoms with Gasteiger partial charge in [0, 0.05) is 12.1 Å². The summed E-state index contributed by atoms with van der Waals surface area (Å²) in [6.07, 6.45) is 2.70. The molecule has 0 unspecified atom stereocenters. The number of nitro benzene ring substituents is 1. The average molecular weight is 269 g/mol. The number of hydrogen-bond donors (Lipinski definition) is 0. The van der Waals surface area contributed by atoms with Gasteiger partial charge in [0.2, 0.25) is 0 Å². The second-order valence-electron chi connectivity index (χ2n) is 4.54. The highest BCUT2D eigenvalue weighted by Crippen LogP contribution is 2.36. The zero-order valence-electron chi connectivity index (χ0n) is 10.1. The summed E-state index contributed by atoms with van der Waals surface area (Å²) in [5.41, 5.74) is 0.520. The summed E-state index contributed by atoms with van der Waals surface area (Å²) in [6.45, 7) is 1.92. The Labute approximate surface area is 106 Å². The molecule has 0 saturated heterocycles. The lowest BCUT2D eigenvalue weighted by Gasteiger charge is -2.09. The van der Waals surface area contributed by atoms with Gasteiger partial charge < -0.3 is 0 Å². The van der Waals surface area contributed by atoms with Crippen molar-refractivity contribution >= 4 is 15.5 Å². The van der Waals surface area contributed by atoms with Crippen LogP contribution in [0.5, 0.6) is 0 Å². The summed E-state index contributed by atoms with van der Waals surface area (Å²) in [7, 11) is -3.28. The Morgan fingerprint density at radius 3 is 2.56 bits per heavy atom. The Morgan fingerprint density at radius 1 is 1.39 bits per heavy atom. The molecule has 5 nitrogen and oxygen atoms in total. The predicted octanol–water partition coefficient (Wildman–Crippen LogP) is 2.48. The maximum Gasteiger partial charge on any atom is 0.269 e. The number of nitro groups is 1. The molecule has 0 aliphatic heterocycles. The minimum Gasteiger partial charge on any atom is -0.258 e. The minimum absolute atomic E-state index is 0.0480. The van der Waals surface area contributed by atoms with Crippen LogP contribution in [0.1, 0.15) is 31.7 Å². The van der Waals surface area contributed by atoms with Crippen LogP contribution in [0.4, 0.5) is 5.69 Å². The normalized spacial score (nSPS) is 15.6. The first kappa shape index (κ1) is 13.0. The third-order valence-corrected chi connectivity index (χ3v) is 5.40. The van der Waals surface area contributed by atoms with E-state index in [9.17, 15) is 18.5 Å². The number of aryl methyl sites for hydroxylation is 1. The maximum atomic E-state index is 12.2. The van der Waals surface area contributed by atoms with Gasteiger partial charge in [-0.05, 0) is 30.9 Å². The summed E-state index contributed by atoms with van der Waals surface area (Å²) in [6, 6.07) is 4.05. The molecule has 0 heterocycles. The van der Waals surface area contributed by atoms with E-state index < -0.39 is 14.8 Å². The van der Waals surface area contributed by atoms with E-state index in [2.05, 4.69) is 0 Å². The molecule has 1 fully saturated rings. The van der Waals surface area contributed by atoms with Crippen molar-refractivity contribution in [3.8, 4) is 0 Å². The average Bonchev–Trinajstić information content (AvgIpc) is 3.13. The second kappa shape index (κ2) is 4.68. The number of nitrogens with zero attached hydrogens (tertiary/aromatic N) is 1. The third kappa shape index (κ3) is 2.38. The van der Waals surface area contributed by atoms with E-state index >= 15 is 0 Å². The lowest BCUT2D eigenvalue weighted by atomic mass is 10.1. The van der Waals surface area contributed by atoms with Gasteiger partial charge in [-0.1, -0.05) is 13.3 Å². The van der Waals surface area contributed by atoms with Crippen molar-refractivity contribution in [2.45, 2.75) is 42.8 Å². The lowest BCUT2D eigenvalue weighted by molar-refractivity contribution is -0.385. The van der Waals surface area contributed by atoms with Crippen LogP contribution in [0.25, 0.3) is 0 Å². The monoisotopic (exact) mass is 269 g/mol. The van der Waals surface area contributed by atoms with E-state index in [0.29, 0.717) is 24.8 Å². The van der Waals surface area contributed by atoms with Crippen LogP contribution in [0.3, 0.4) is 0 Å². The summed E-state index contributed by atoms with van der Waals surface area (Å²) >= 11 is 0. The molecule has 0 atom stereocenters. The van der Waals surface area contributed by atoms with Crippen molar-refractivity contribution in [3.63, 3.8) is 0 Å². The van der Waals surface area contributed by atoms with Gasteiger partial charge in [0.05, 0.1) is 15.1 Å². The van der Waals surface area contributed by atoms with Crippen molar-refractivity contribution in [3.05, 3.63) is 33.9 Å². The first-order valence-corrected chi connectivity index (χ1v) is 7.52. The van der Waals surface area contributed by atoms with Gasteiger partial charge in [0.15, 0.2) is 9.84 Å². The van der Waals surface area contributed by atoms with Gasteiger partial charge in [0.1, 0.15) is 0 Å². The van der Waals surface area contributed by atoms with Crippen LogP contribution >= 0.6 is 0 Å². The number of non-ortho nitro benzene ring substituents is 1. The quantitative estimate of drug-likeness (QED) is 0.607. The molecule has 6 heteroatoms. The van der Waals surface area contributed by atoms with Crippen LogP contribution in [-0.4, -0.2) is 18.6 Å². The molecule has 1 aliphatic carbocycles. The first-order chi connectivity index (χ1) is 8.46. The van der Waals surface area contributed by atoms with Gasteiger partial charge in [-0.25, -0.2) is 8.42 Å². The van der Waals surface area contributed by atoms with Crippen molar-refractivity contribution < 1.29 is 13.3 Å². The molecule has 0 aromatic heterocycles. The fourth-order valence-corrected chi connectivity index (χ4v) is 3.88. The molecule has 0 N–H and O–H groups in total. The van der Waals surface area contributed by atoms with Crippen LogP contribution in [0, 0.1) is 10.1 Å². The molecule has 2 rings (SSSR count). The molecule has 1 saturated carbocycles. The molecule has 1 aliphatic rings. The Morgan fingerprint density at radius 2 is 2.06 bits per heavy atom. The third-order valence-electron chi connectivity index (χ3n) is 3.04. The predicted molar refractivity (Wildman–Crippen MR) is 67.3 cm³/mol. The Kier molecular flexibility index (Phi) is 3.38. The van der Waals surface area contributed by atoms with Crippen LogP contribution in [0.15, 0.2) is 23.1 Å². The fourth-order valence-electron chi connectivity index (χ4n) is 1.98. The van der Waals surface area contributed by atoms with E-state index in [-0.39, 0.29) is 15.8 Å². The van der Waals surface area contributed by atoms with Crippen molar-refractivity contribution in [1.29, 1.82) is 0 Å². The highest BCUT2D eigenvalue weighted by atomic mass is 32.2. The summed E-state index contributed by atoms with van der Waals surface area (Å²) in [5.74, 6) is 0. The van der Waals surface area contributed by atoms with Crippen molar-refractivity contribution in [2.24, 2.45) is 0 Å². The SMILES string of the molecule is CCCc1cc([N+](=O)[O-])ccc1S(=O)(=O)C1CC1. The van der Waals surface area contributed by atoms with Gasteiger partial charge in [-0.2, -0.15) is 0 Å². The van der Waals surface area contributed by atoms with Crippen molar-refractivity contribution in [1.82, 2.24) is 0 Å². The molecule has 98 valence electrons. The first-order valence-electron chi connectivity index (χ1n) is 5.98. The van der Waals surface area contributed by atoms with E-state index in [4.69, 9.17) is 0 Å². The maximum absolute atomic E-state index is 12.2. The molecule has 0 spiro atoms. The zero-order valence-corrected chi connectivity index (χ0v) is 10.9. The Hall–Kier alpha value is -1.43. The highest BCUT2D eigenvalue weighted by molar-refractivity contribution is 7.92. The molecule has 1 aromatic rings. The summed E-state index contributed by atoms with van der Waals surface area (Å²) < 4.78 is 24.4. The van der Waals surface area contributed by atoms with E-state index in [0.717, 1.165) is 6.42 Å². The van der Waals surface area contributed by atoms with Crippen LogP contribution in [0.2, 0.25) is 0 Å². The minimum atomic E-state index is -3.28. The largest absolute Gasteiger partial charge is 0.269 e. The molecular formula is C12H15NO4S. The molecule has 0 amide bonds. The fraction of sp³-hybridized carbons (Fsp3) is 0.500. The Balaban J connectivity index is 2.49. The number of rotatable bonds is 5. The van der Waals surface area contributed by atoms with E-state index in [1.165, 1.54) is 18.2 Å². The standard InChI is InChI=1S/C12H15NO4S/c1-2-3-9-8-10(13(14)15)4-7-12(9)18(16,17)11-5-6-11/h4,7-8,11H,2-3,5-6H2,1H3. The smallest absolute Gasteiger partial charge is 0.258 e. The lowest BCUT2D eigenvalue weighted by Crippen LogP contribution is -2.10. The number of sulfone groups is 1. The molecule has 18 heavy (non-hydrogen) atoms. The van der Waals surface area contributed by atoms with E-state index in [1.807, 2.05) is 6.92 Å². The molecule has 0 radical (unpaired) electrons. The van der Waals surface area contributed by atoms with Gasteiger partial charge in [-0.3, -0.25) is 10.1 Å². The van der Waals surface area contributed by atoms with Gasteiger partial charge in [-0.15, -0.1) is 0 Å².